The number of rotatable bonds is 1. The number of hydrogen-bond donors (Lipinski definition) is 1. The Morgan fingerprint density at radius 2 is 2.33 bits per heavy atom. The standard InChI is InChI=1S/C14H14BrN3/c15-14-11(5-16)4-13(8-18-14)9-1-2-10-6-17-7-12(10)3-9/h3-4,8,10,12,17H,1-2,6-7H2/t10-,12+/m1/s1. The molecule has 1 aromatic heterocycles. The van der Waals surface area contributed by atoms with Crippen molar-refractivity contribution in [1.82, 2.24) is 10.3 Å². The lowest BCUT2D eigenvalue weighted by molar-refractivity contribution is 0.448. The monoisotopic (exact) mass is 303 g/mol. The molecule has 1 saturated heterocycles. The summed E-state index contributed by atoms with van der Waals surface area (Å²) in [6, 6.07) is 4.11. The summed E-state index contributed by atoms with van der Waals surface area (Å²) in [6.07, 6.45) is 6.57. The number of nitrogens with one attached hydrogen (secondary N) is 1. The lowest BCUT2D eigenvalue weighted by atomic mass is 9.81. The van der Waals surface area contributed by atoms with E-state index in [1.807, 2.05) is 12.3 Å². The second-order valence-corrected chi connectivity index (χ2v) is 5.74. The van der Waals surface area contributed by atoms with Gasteiger partial charge in [0.2, 0.25) is 0 Å². The van der Waals surface area contributed by atoms with Crippen LogP contribution in [0.4, 0.5) is 0 Å². The van der Waals surface area contributed by atoms with E-state index in [9.17, 15) is 0 Å². The van der Waals surface area contributed by atoms with Crippen LogP contribution >= 0.6 is 15.9 Å². The average molecular weight is 304 g/mol. The lowest BCUT2D eigenvalue weighted by Gasteiger charge is -2.23. The fraction of sp³-hybridized carbons (Fsp3) is 0.429. The Balaban J connectivity index is 1.93. The van der Waals surface area contributed by atoms with Gasteiger partial charge in [0.05, 0.1) is 5.56 Å². The van der Waals surface area contributed by atoms with Crippen LogP contribution in [0.25, 0.3) is 5.57 Å². The van der Waals surface area contributed by atoms with Gasteiger partial charge in [-0.1, -0.05) is 6.08 Å². The first kappa shape index (κ1) is 11.9. The molecular formula is C14H14BrN3. The molecule has 1 aromatic rings. The number of allylic oxidation sites excluding steroid dienone is 1. The van der Waals surface area contributed by atoms with E-state index in [-0.39, 0.29) is 0 Å². The Kier molecular flexibility index (Phi) is 3.19. The molecule has 1 N–H and O–H groups in total. The molecule has 2 aliphatic rings. The minimum Gasteiger partial charge on any atom is -0.316 e. The van der Waals surface area contributed by atoms with E-state index in [0.717, 1.165) is 31.0 Å². The van der Waals surface area contributed by atoms with Gasteiger partial charge in [-0.15, -0.1) is 0 Å². The van der Waals surface area contributed by atoms with Crippen molar-refractivity contribution in [1.29, 1.82) is 5.26 Å². The van der Waals surface area contributed by atoms with Gasteiger partial charge in [-0.2, -0.15) is 5.26 Å². The van der Waals surface area contributed by atoms with Gasteiger partial charge in [-0.3, -0.25) is 0 Å². The van der Waals surface area contributed by atoms with Gasteiger partial charge in [-0.05, 0) is 64.4 Å². The number of nitriles is 1. The zero-order chi connectivity index (χ0) is 12.5. The first-order chi connectivity index (χ1) is 8.78. The number of pyridine rings is 1. The molecule has 18 heavy (non-hydrogen) atoms. The van der Waals surface area contributed by atoms with Gasteiger partial charge in [-0.25, -0.2) is 4.98 Å². The molecular weight excluding hydrogens is 290 g/mol. The highest BCUT2D eigenvalue weighted by Gasteiger charge is 2.29. The first-order valence-electron chi connectivity index (χ1n) is 6.25. The molecule has 3 rings (SSSR count). The van der Waals surface area contributed by atoms with Crippen molar-refractivity contribution in [2.75, 3.05) is 13.1 Å². The summed E-state index contributed by atoms with van der Waals surface area (Å²) in [5.74, 6) is 1.45. The molecule has 0 saturated carbocycles. The van der Waals surface area contributed by atoms with Crippen molar-refractivity contribution < 1.29 is 0 Å². The van der Waals surface area contributed by atoms with Crippen LogP contribution in [0.2, 0.25) is 0 Å². The summed E-state index contributed by atoms with van der Waals surface area (Å²) in [7, 11) is 0. The predicted molar refractivity (Wildman–Crippen MR) is 73.7 cm³/mol. The zero-order valence-electron chi connectivity index (χ0n) is 9.99. The molecule has 0 unspecified atom stereocenters. The van der Waals surface area contributed by atoms with Gasteiger partial charge >= 0.3 is 0 Å². The quantitative estimate of drug-likeness (QED) is 0.812. The third kappa shape index (κ3) is 2.09. The van der Waals surface area contributed by atoms with Crippen molar-refractivity contribution >= 4 is 21.5 Å². The molecule has 0 amide bonds. The molecule has 0 bridgehead atoms. The van der Waals surface area contributed by atoms with Crippen LogP contribution in [0.15, 0.2) is 22.9 Å². The first-order valence-corrected chi connectivity index (χ1v) is 7.04. The fourth-order valence-electron chi connectivity index (χ4n) is 2.89. The minimum absolute atomic E-state index is 0.611. The predicted octanol–water partition coefficient (Wildman–Crippen LogP) is 2.73. The van der Waals surface area contributed by atoms with Crippen LogP contribution in [0.1, 0.15) is 24.0 Å². The molecule has 0 aromatic carbocycles. The highest BCUT2D eigenvalue weighted by Crippen LogP contribution is 2.36. The summed E-state index contributed by atoms with van der Waals surface area (Å²) in [6.45, 7) is 2.24. The molecule has 1 fully saturated rings. The third-order valence-corrected chi connectivity index (χ3v) is 4.55. The van der Waals surface area contributed by atoms with Crippen molar-refractivity contribution in [2.24, 2.45) is 11.8 Å². The second-order valence-electron chi connectivity index (χ2n) is 4.99. The lowest BCUT2D eigenvalue weighted by Crippen LogP contribution is -2.15. The van der Waals surface area contributed by atoms with E-state index in [2.05, 4.69) is 38.4 Å². The maximum absolute atomic E-state index is 9.04. The molecule has 92 valence electrons. The largest absolute Gasteiger partial charge is 0.316 e. The summed E-state index contributed by atoms with van der Waals surface area (Å²) >= 11 is 3.30. The van der Waals surface area contributed by atoms with Gasteiger partial charge < -0.3 is 5.32 Å². The molecule has 4 heteroatoms. The SMILES string of the molecule is N#Cc1cc(C2=C[C@H]3CNC[C@H]3CC2)cnc1Br. The number of halogens is 1. The van der Waals surface area contributed by atoms with Gasteiger partial charge in [0.1, 0.15) is 10.7 Å². The summed E-state index contributed by atoms with van der Waals surface area (Å²) in [5, 5.41) is 12.5. The number of fused-ring (bicyclic) bond motifs is 1. The average Bonchev–Trinajstić information content (AvgIpc) is 2.86. The maximum Gasteiger partial charge on any atom is 0.123 e. The molecule has 0 radical (unpaired) electrons. The Morgan fingerprint density at radius 3 is 3.17 bits per heavy atom. The number of aromatic nitrogens is 1. The van der Waals surface area contributed by atoms with E-state index >= 15 is 0 Å². The highest BCUT2D eigenvalue weighted by atomic mass is 79.9. The molecule has 0 spiro atoms. The van der Waals surface area contributed by atoms with Gasteiger partial charge in [0.15, 0.2) is 0 Å². The van der Waals surface area contributed by atoms with E-state index in [4.69, 9.17) is 5.26 Å². The smallest absolute Gasteiger partial charge is 0.123 e. The molecule has 2 heterocycles. The topological polar surface area (TPSA) is 48.7 Å². The van der Waals surface area contributed by atoms with E-state index in [0.29, 0.717) is 16.1 Å². The molecule has 3 nitrogen and oxygen atoms in total. The third-order valence-electron chi connectivity index (χ3n) is 3.92. The van der Waals surface area contributed by atoms with Crippen molar-refractivity contribution in [3.63, 3.8) is 0 Å². The maximum atomic E-state index is 9.04. The fourth-order valence-corrected chi connectivity index (χ4v) is 3.20. The Bertz CT molecular complexity index is 544. The van der Waals surface area contributed by atoms with Crippen LogP contribution in [0.3, 0.4) is 0 Å². The molecule has 1 aliphatic heterocycles. The summed E-state index contributed by atoms with van der Waals surface area (Å²) in [4.78, 5) is 4.25. The Morgan fingerprint density at radius 1 is 1.44 bits per heavy atom. The van der Waals surface area contributed by atoms with Crippen LogP contribution in [0.5, 0.6) is 0 Å². The Hall–Kier alpha value is -1.18. The van der Waals surface area contributed by atoms with Gasteiger partial charge in [0.25, 0.3) is 0 Å². The number of nitrogens with zero attached hydrogens (tertiary/aromatic N) is 2. The van der Waals surface area contributed by atoms with E-state index in [1.165, 1.54) is 12.0 Å². The summed E-state index contributed by atoms with van der Waals surface area (Å²) < 4.78 is 0.630. The van der Waals surface area contributed by atoms with Crippen molar-refractivity contribution in [3.05, 3.63) is 34.1 Å². The van der Waals surface area contributed by atoms with Crippen molar-refractivity contribution in [2.45, 2.75) is 12.8 Å². The van der Waals surface area contributed by atoms with Crippen LogP contribution < -0.4 is 5.32 Å². The Labute approximate surface area is 115 Å². The number of hydrogen-bond acceptors (Lipinski definition) is 3. The van der Waals surface area contributed by atoms with Crippen LogP contribution in [-0.2, 0) is 0 Å². The van der Waals surface area contributed by atoms with Gasteiger partial charge in [0, 0.05) is 12.7 Å². The summed E-state index contributed by atoms with van der Waals surface area (Å²) in [5.41, 5.74) is 3.05. The van der Waals surface area contributed by atoms with Crippen LogP contribution in [0, 0.1) is 23.2 Å². The zero-order valence-corrected chi connectivity index (χ0v) is 11.6. The van der Waals surface area contributed by atoms with E-state index < -0.39 is 0 Å². The van der Waals surface area contributed by atoms with Crippen LogP contribution in [-0.4, -0.2) is 18.1 Å². The molecule has 2 atom stereocenters. The normalized spacial score (nSPS) is 26.3. The molecule has 1 aliphatic carbocycles. The minimum atomic E-state index is 0.611. The second kappa shape index (κ2) is 4.83. The highest BCUT2D eigenvalue weighted by molar-refractivity contribution is 9.10. The van der Waals surface area contributed by atoms with E-state index in [1.54, 1.807) is 0 Å². The van der Waals surface area contributed by atoms with Crippen molar-refractivity contribution in [3.8, 4) is 6.07 Å².